The van der Waals surface area contributed by atoms with Crippen molar-refractivity contribution in [3.8, 4) is 17.3 Å². The number of hydrogen-bond acceptors (Lipinski definition) is 6. The van der Waals surface area contributed by atoms with Gasteiger partial charge in [-0.3, -0.25) is 14.5 Å². The van der Waals surface area contributed by atoms with E-state index in [1.807, 2.05) is 43.3 Å². The first kappa shape index (κ1) is 23.9. The number of fused-ring (bicyclic) bond motifs is 1. The van der Waals surface area contributed by atoms with Gasteiger partial charge in [0.25, 0.3) is 12.4 Å². The highest BCUT2D eigenvalue weighted by Crippen LogP contribution is 2.29. The van der Waals surface area contributed by atoms with Crippen LogP contribution in [0, 0.1) is 18.3 Å². The summed E-state index contributed by atoms with van der Waals surface area (Å²) in [7, 11) is 0. The Morgan fingerprint density at radius 3 is 2.70 bits per heavy atom. The number of para-hydroxylation sites is 1. The normalized spacial score (nSPS) is 13.5. The Morgan fingerprint density at radius 2 is 1.97 bits per heavy atom. The molecule has 0 spiro atoms. The summed E-state index contributed by atoms with van der Waals surface area (Å²) < 4.78 is 5.35. The first-order chi connectivity index (χ1) is 16.1. The minimum Gasteiger partial charge on any atom is -0.483 e. The summed E-state index contributed by atoms with van der Waals surface area (Å²) in [5, 5.41) is 20.6. The van der Waals surface area contributed by atoms with Crippen LogP contribution in [0.4, 0.5) is 0 Å². The van der Waals surface area contributed by atoms with Gasteiger partial charge in [0.1, 0.15) is 6.07 Å². The number of nitrogens with zero attached hydrogens (tertiary/aromatic N) is 3. The third-order valence-corrected chi connectivity index (χ3v) is 5.48. The summed E-state index contributed by atoms with van der Waals surface area (Å²) >= 11 is 0. The van der Waals surface area contributed by atoms with E-state index < -0.39 is 0 Å². The first-order valence-corrected chi connectivity index (χ1v) is 10.6. The molecular formula is C25H26N4O4. The van der Waals surface area contributed by atoms with E-state index >= 15 is 0 Å². The molecule has 1 aliphatic heterocycles. The van der Waals surface area contributed by atoms with Crippen LogP contribution in [0.1, 0.15) is 21.5 Å². The molecule has 4 rings (SSSR count). The molecule has 2 aromatic carbocycles. The number of aromatic nitrogens is 1. The second-order valence-corrected chi connectivity index (χ2v) is 7.49. The van der Waals surface area contributed by atoms with E-state index in [2.05, 4.69) is 16.3 Å². The molecule has 1 saturated heterocycles. The van der Waals surface area contributed by atoms with Gasteiger partial charge < -0.3 is 15.2 Å². The number of aryl methyl sites for hydroxylation is 1. The molecule has 0 atom stereocenters. The largest absolute Gasteiger partial charge is 0.483 e. The zero-order valence-electron chi connectivity index (χ0n) is 18.5. The highest BCUT2D eigenvalue weighted by atomic mass is 16.5. The molecular weight excluding hydrogens is 420 g/mol. The SMILES string of the molecule is Cc1c(C#N)c(-c2cccc(C(=O)NCCN3CCOCC3)c2)nc2ccccc12.O=CO. The predicted octanol–water partition coefficient (Wildman–Crippen LogP) is 2.84. The van der Waals surface area contributed by atoms with Crippen molar-refractivity contribution in [3.05, 3.63) is 65.2 Å². The third-order valence-electron chi connectivity index (χ3n) is 5.48. The maximum absolute atomic E-state index is 12.7. The number of nitriles is 1. The number of hydrogen-bond donors (Lipinski definition) is 2. The van der Waals surface area contributed by atoms with Crippen LogP contribution in [0.2, 0.25) is 0 Å². The van der Waals surface area contributed by atoms with E-state index in [4.69, 9.17) is 19.6 Å². The Balaban J connectivity index is 0.000000968. The zero-order valence-corrected chi connectivity index (χ0v) is 18.5. The molecule has 1 aliphatic rings. The van der Waals surface area contributed by atoms with Crippen molar-refractivity contribution >= 4 is 23.3 Å². The van der Waals surface area contributed by atoms with Gasteiger partial charge in [0.15, 0.2) is 0 Å². The van der Waals surface area contributed by atoms with Crippen LogP contribution in [0.5, 0.6) is 0 Å². The van der Waals surface area contributed by atoms with E-state index in [-0.39, 0.29) is 12.4 Å². The summed E-state index contributed by atoms with van der Waals surface area (Å²) in [5.41, 5.74) is 4.21. The van der Waals surface area contributed by atoms with Crippen LogP contribution < -0.4 is 5.32 Å². The van der Waals surface area contributed by atoms with Crippen molar-refractivity contribution in [2.75, 3.05) is 39.4 Å². The van der Waals surface area contributed by atoms with Crippen molar-refractivity contribution < 1.29 is 19.4 Å². The maximum atomic E-state index is 12.7. The van der Waals surface area contributed by atoms with Crippen molar-refractivity contribution in [3.63, 3.8) is 0 Å². The topological polar surface area (TPSA) is 116 Å². The lowest BCUT2D eigenvalue weighted by Gasteiger charge is -2.26. The lowest BCUT2D eigenvalue weighted by atomic mass is 9.97. The molecule has 170 valence electrons. The molecule has 8 heteroatoms. The van der Waals surface area contributed by atoms with Gasteiger partial charge >= 0.3 is 0 Å². The summed E-state index contributed by atoms with van der Waals surface area (Å²) in [4.78, 5) is 28.0. The number of ether oxygens (including phenoxy) is 1. The minimum atomic E-state index is -0.250. The molecule has 0 bridgehead atoms. The molecule has 2 heterocycles. The molecule has 0 unspecified atom stereocenters. The Bertz CT molecular complexity index is 1170. The van der Waals surface area contributed by atoms with Gasteiger partial charge in [-0.25, -0.2) is 4.98 Å². The van der Waals surface area contributed by atoms with Gasteiger partial charge in [0, 0.05) is 42.7 Å². The Kier molecular flexibility index (Phi) is 8.47. The van der Waals surface area contributed by atoms with Gasteiger partial charge in [0.05, 0.1) is 30.0 Å². The smallest absolute Gasteiger partial charge is 0.290 e. The highest BCUT2D eigenvalue weighted by Gasteiger charge is 2.16. The number of benzene rings is 2. The van der Waals surface area contributed by atoms with E-state index in [0.29, 0.717) is 23.4 Å². The molecule has 1 aromatic heterocycles. The number of carboxylic acid groups (broad SMARTS) is 1. The average molecular weight is 447 g/mol. The third kappa shape index (κ3) is 5.92. The molecule has 3 aromatic rings. The van der Waals surface area contributed by atoms with Crippen LogP contribution >= 0.6 is 0 Å². The molecule has 0 radical (unpaired) electrons. The fraction of sp³-hybridized carbons (Fsp3) is 0.280. The molecule has 0 aliphatic carbocycles. The van der Waals surface area contributed by atoms with Crippen LogP contribution in [-0.4, -0.2) is 66.8 Å². The number of amides is 1. The van der Waals surface area contributed by atoms with Crippen LogP contribution in [0.3, 0.4) is 0 Å². The molecule has 8 nitrogen and oxygen atoms in total. The molecule has 1 fully saturated rings. The Labute approximate surface area is 192 Å². The standard InChI is InChI=1S/C24H24N4O2.CH2O2/c1-17-20-7-2-3-8-22(20)27-23(21(17)16-25)18-5-4-6-19(15-18)24(29)26-9-10-28-11-13-30-14-12-28;2-1-3/h2-8,15H,9-14H2,1H3,(H,26,29);1H,(H,2,3). The van der Waals surface area contributed by atoms with Gasteiger partial charge in [-0.2, -0.15) is 5.26 Å². The predicted molar refractivity (Wildman–Crippen MR) is 125 cm³/mol. The van der Waals surface area contributed by atoms with E-state index in [1.165, 1.54) is 0 Å². The van der Waals surface area contributed by atoms with E-state index in [0.717, 1.165) is 54.9 Å². The maximum Gasteiger partial charge on any atom is 0.290 e. The minimum absolute atomic E-state index is 0.124. The Morgan fingerprint density at radius 1 is 1.24 bits per heavy atom. The summed E-state index contributed by atoms with van der Waals surface area (Å²) in [5.74, 6) is -0.124. The summed E-state index contributed by atoms with van der Waals surface area (Å²) in [6, 6.07) is 17.4. The number of nitrogens with one attached hydrogen (secondary N) is 1. The van der Waals surface area contributed by atoms with Crippen LogP contribution in [-0.2, 0) is 9.53 Å². The van der Waals surface area contributed by atoms with Gasteiger partial charge in [-0.05, 0) is 30.7 Å². The fourth-order valence-electron chi connectivity index (χ4n) is 3.78. The van der Waals surface area contributed by atoms with E-state index in [1.54, 1.807) is 12.1 Å². The van der Waals surface area contributed by atoms with Gasteiger partial charge in [-0.15, -0.1) is 0 Å². The summed E-state index contributed by atoms with van der Waals surface area (Å²) in [6.45, 7) is 6.36. The number of rotatable bonds is 5. The lowest BCUT2D eigenvalue weighted by molar-refractivity contribution is -0.122. The molecule has 0 saturated carbocycles. The first-order valence-electron chi connectivity index (χ1n) is 10.6. The molecule has 1 amide bonds. The summed E-state index contributed by atoms with van der Waals surface area (Å²) in [6.07, 6.45) is 0. The van der Waals surface area contributed by atoms with Gasteiger partial charge in [-0.1, -0.05) is 30.3 Å². The number of carbonyl (C=O) groups is 2. The van der Waals surface area contributed by atoms with Crippen LogP contribution in [0.25, 0.3) is 22.2 Å². The second-order valence-electron chi connectivity index (χ2n) is 7.49. The van der Waals surface area contributed by atoms with Crippen molar-refractivity contribution in [2.45, 2.75) is 6.92 Å². The second kappa shape index (κ2) is 11.7. The van der Waals surface area contributed by atoms with Crippen molar-refractivity contribution in [1.29, 1.82) is 5.26 Å². The molecule has 33 heavy (non-hydrogen) atoms. The van der Waals surface area contributed by atoms with Gasteiger partial charge in [0.2, 0.25) is 0 Å². The van der Waals surface area contributed by atoms with E-state index in [9.17, 15) is 10.1 Å². The monoisotopic (exact) mass is 446 g/mol. The highest BCUT2D eigenvalue weighted by molar-refractivity contribution is 5.96. The quantitative estimate of drug-likeness (QED) is 0.579. The number of morpholine rings is 1. The fourth-order valence-corrected chi connectivity index (χ4v) is 3.78. The Hall–Kier alpha value is -3.80. The lowest BCUT2D eigenvalue weighted by Crippen LogP contribution is -2.41. The molecule has 2 N–H and O–H groups in total. The van der Waals surface area contributed by atoms with Crippen molar-refractivity contribution in [2.24, 2.45) is 0 Å². The van der Waals surface area contributed by atoms with Crippen molar-refractivity contribution in [1.82, 2.24) is 15.2 Å². The average Bonchev–Trinajstić information content (AvgIpc) is 2.85. The zero-order chi connectivity index (χ0) is 23.6. The number of pyridine rings is 1. The number of carbonyl (C=O) groups excluding carboxylic acids is 1. The van der Waals surface area contributed by atoms with Crippen LogP contribution in [0.15, 0.2) is 48.5 Å².